The summed E-state index contributed by atoms with van der Waals surface area (Å²) >= 11 is 0. The van der Waals surface area contributed by atoms with E-state index >= 15 is 0 Å². The molecule has 0 unspecified atom stereocenters. The molecule has 0 radical (unpaired) electrons. The first kappa shape index (κ1) is 15.0. The highest BCUT2D eigenvalue weighted by atomic mass is 19.1. The van der Waals surface area contributed by atoms with E-state index in [4.69, 9.17) is 4.74 Å². The van der Waals surface area contributed by atoms with Crippen LogP contribution in [0.2, 0.25) is 0 Å². The second-order valence-electron chi connectivity index (χ2n) is 4.83. The van der Waals surface area contributed by atoms with Crippen molar-refractivity contribution in [1.29, 1.82) is 0 Å². The summed E-state index contributed by atoms with van der Waals surface area (Å²) in [5.41, 5.74) is 2.00. The third-order valence-electron chi connectivity index (χ3n) is 3.02. The Morgan fingerprint density at radius 3 is 2.67 bits per heavy atom. The van der Waals surface area contributed by atoms with Crippen LogP contribution in [0, 0.1) is 12.7 Å². The predicted octanol–water partition coefficient (Wildman–Crippen LogP) is 2.87. The number of aryl methyl sites for hydroxylation is 1. The number of halogens is 1. The van der Waals surface area contributed by atoms with Gasteiger partial charge in [-0.25, -0.2) is 4.39 Å². The average Bonchev–Trinajstić information content (AvgIpc) is 2.47. The van der Waals surface area contributed by atoms with E-state index in [9.17, 15) is 9.18 Å². The van der Waals surface area contributed by atoms with E-state index in [1.165, 1.54) is 12.1 Å². The molecular formula is C17H18FNO2. The molecule has 0 aliphatic carbocycles. The zero-order valence-corrected chi connectivity index (χ0v) is 11.9. The van der Waals surface area contributed by atoms with Gasteiger partial charge in [-0.1, -0.05) is 29.8 Å². The van der Waals surface area contributed by atoms with Gasteiger partial charge in [0.25, 0.3) is 5.91 Å². The Kier molecular flexibility index (Phi) is 5.32. The highest BCUT2D eigenvalue weighted by Gasteiger charge is 2.03. The number of carbonyl (C=O) groups is 1. The standard InChI is InChI=1S/C17H18FNO2/c1-13-5-7-16(8-6-13)21-12-17(20)19-10-9-14-3-2-4-15(18)11-14/h2-8,11H,9-10,12H2,1H3,(H,19,20). The lowest BCUT2D eigenvalue weighted by atomic mass is 10.1. The van der Waals surface area contributed by atoms with Crippen LogP contribution in [-0.4, -0.2) is 19.1 Å². The van der Waals surface area contributed by atoms with Gasteiger partial charge in [0.05, 0.1) is 0 Å². The first-order valence-electron chi connectivity index (χ1n) is 6.84. The van der Waals surface area contributed by atoms with Gasteiger partial charge in [0, 0.05) is 6.54 Å². The molecule has 0 aromatic heterocycles. The van der Waals surface area contributed by atoms with E-state index in [-0.39, 0.29) is 18.3 Å². The number of benzene rings is 2. The predicted molar refractivity (Wildman–Crippen MR) is 79.8 cm³/mol. The molecule has 1 N–H and O–H groups in total. The molecule has 2 rings (SSSR count). The van der Waals surface area contributed by atoms with E-state index in [1.807, 2.05) is 37.3 Å². The highest BCUT2D eigenvalue weighted by molar-refractivity contribution is 5.77. The Balaban J connectivity index is 1.69. The molecule has 0 aliphatic rings. The highest BCUT2D eigenvalue weighted by Crippen LogP contribution is 2.10. The van der Waals surface area contributed by atoms with Gasteiger partial charge in [0.2, 0.25) is 0 Å². The molecule has 0 heterocycles. The van der Waals surface area contributed by atoms with Crippen LogP contribution in [0.15, 0.2) is 48.5 Å². The van der Waals surface area contributed by atoms with Crippen LogP contribution >= 0.6 is 0 Å². The summed E-state index contributed by atoms with van der Waals surface area (Å²) < 4.78 is 18.4. The van der Waals surface area contributed by atoms with Crippen molar-refractivity contribution in [2.75, 3.05) is 13.2 Å². The van der Waals surface area contributed by atoms with Gasteiger partial charge in [0.1, 0.15) is 11.6 Å². The normalized spacial score (nSPS) is 10.2. The van der Waals surface area contributed by atoms with Gasteiger partial charge < -0.3 is 10.1 Å². The summed E-state index contributed by atoms with van der Waals surface area (Å²) in [5, 5.41) is 2.75. The molecule has 0 saturated heterocycles. The smallest absolute Gasteiger partial charge is 0.257 e. The van der Waals surface area contributed by atoms with Gasteiger partial charge in [-0.15, -0.1) is 0 Å². The molecule has 0 atom stereocenters. The largest absolute Gasteiger partial charge is 0.484 e. The molecule has 0 aliphatic heterocycles. The zero-order chi connectivity index (χ0) is 15.1. The third kappa shape index (κ3) is 5.26. The molecule has 2 aromatic carbocycles. The zero-order valence-electron chi connectivity index (χ0n) is 11.9. The van der Waals surface area contributed by atoms with Gasteiger partial charge in [-0.2, -0.15) is 0 Å². The number of hydrogen-bond acceptors (Lipinski definition) is 2. The first-order valence-corrected chi connectivity index (χ1v) is 6.84. The molecule has 21 heavy (non-hydrogen) atoms. The van der Waals surface area contributed by atoms with Crippen LogP contribution in [0.5, 0.6) is 5.75 Å². The molecule has 4 heteroatoms. The Labute approximate surface area is 123 Å². The van der Waals surface area contributed by atoms with Crippen LogP contribution < -0.4 is 10.1 Å². The fourth-order valence-electron chi connectivity index (χ4n) is 1.87. The van der Waals surface area contributed by atoms with Gasteiger partial charge in [-0.3, -0.25) is 4.79 Å². The van der Waals surface area contributed by atoms with Gasteiger partial charge >= 0.3 is 0 Å². The number of nitrogens with one attached hydrogen (secondary N) is 1. The number of amides is 1. The molecule has 0 fully saturated rings. The maximum Gasteiger partial charge on any atom is 0.257 e. The van der Waals surface area contributed by atoms with E-state index in [0.29, 0.717) is 18.7 Å². The maximum atomic E-state index is 13.0. The lowest BCUT2D eigenvalue weighted by Crippen LogP contribution is -2.30. The monoisotopic (exact) mass is 287 g/mol. The van der Waals surface area contributed by atoms with Crippen molar-refractivity contribution >= 4 is 5.91 Å². The van der Waals surface area contributed by atoms with Crippen molar-refractivity contribution in [3.8, 4) is 5.75 Å². The van der Waals surface area contributed by atoms with Crippen molar-refractivity contribution < 1.29 is 13.9 Å². The first-order chi connectivity index (χ1) is 10.1. The van der Waals surface area contributed by atoms with Gasteiger partial charge in [-0.05, 0) is 43.2 Å². The van der Waals surface area contributed by atoms with Crippen LogP contribution in [0.4, 0.5) is 4.39 Å². The Bertz CT molecular complexity index is 596. The molecule has 2 aromatic rings. The number of ether oxygens (including phenoxy) is 1. The summed E-state index contributed by atoms with van der Waals surface area (Å²) in [6.45, 7) is 2.43. The van der Waals surface area contributed by atoms with Gasteiger partial charge in [0.15, 0.2) is 6.61 Å². The average molecular weight is 287 g/mol. The lowest BCUT2D eigenvalue weighted by Gasteiger charge is -2.08. The van der Waals surface area contributed by atoms with E-state index in [0.717, 1.165) is 11.1 Å². The molecule has 0 saturated carbocycles. The summed E-state index contributed by atoms with van der Waals surface area (Å²) in [5.74, 6) is 0.217. The van der Waals surface area contributed by atoms with Crippen molar-refractivity contribution in [3.05, 3.63) is 65.5 Å². The summed E-state index contributed by atoms with van der Waals surface area (Å²) in [6.07, 6.45) is 0.591. The fourth-order valence-corrected chi connectivity index (χ4v) is 1.87. The topological polar surface area (TPSA) is 38.3 Å². The minimum Gasteiger partial charge on any atom is -0.484 e. The van der Waals surface area contributed by atoms with E-state index in [2.05, 4.69) is 5.32 Å². The van der Waals surface area contributed by atoms with Crippen LogP contribution in [0.1, 0.15) is 11.1 Å². The number of rotatable bonds is 6. The quantitative estimate of drug-likeness (QED) is 0.887. The fraction of sp³-hybridized carbons (Fsp3) is 0.235. The molecule has 0 bridgehead atoms. The van der Waals surface area contributed by atoms with Crippen molar-refractivity contribution in [2.24, 2.45) is 0 Å². The molecule has 3 nitrogen and oxygen atoms in total. The Morgan fingerprint density at radius 2 is 1.95 bits per heavy atom. The summed E-state index contributed by atoms with van der Waals surface area (Å²) in [6, 6.07) is 13.9. The minimum atomic E-state index is -0.262. The van der Waals surface area contributed by atoms with E-state index in [1.54, 1.807) is 6.07 Å². The number of hydrogen-bond donors (Lipinski definition) is 1. The molecule has 110 valence electrons. The van der Waals surface area contributed by atoms with Crippen molar-refractivity contribution in [1.82, 2.24) is 5.32 Å². The van der Waals surface area contributed by atoms with Crippen LogP contribution in [-0.2, 0) is 11.2 Å². The summed E-state index contributed by atoms with van der Waals surface area (Å²) in [7, 11) is 0. The Morgan fingerprint density at radius 1 is 1.19 bits per heavy atom. The maximum absolute atomic E-state index is 13.0. The molecule has 0 spiro atoms. The summed E-state index contributed by atoms with van der Waals surface area (Å²) in [4.78, 5) is 11.6. The lowest BCUT2D eigenvalue weighted by molar-refractivity contribution is -0.123. The second kappa shape index (κ2) is 7.43. The van der Waals surface area contributed by atoms with Crippen LogP contribution in [0.3, 0.4) is 0 Å². The molecular weight excluding hydrogens is 269 g/mol. The van der Waals surface area contributed by atoms with Crippen molar-refractivity contribution in [2.45, 2.75) is 13.3 Å². The van der Waals surface area contributed by atoms with E-state index < -0.39 is 0 Å². The minimum absolute atomic E-state index is 0.0216. The Hall–Kier alpha value is -2.36. The number of carbonyl (C=O) groups excluding carboxylic acids is 1. The third-order valence-corrected chi connectivity index (χ3v) is 3.02. The van der Waals surface area contributed by atoms with Crippen LogP contribution in [0.25, 0.3) is 0 Å². The van der Waals surface area contributed by atoms with Crippen molar-refractivity contribution in [3.63, 3.8) is 0 Å². The SMILES string of the molecule is Cc1ccc(OCC(=O)NCCc2cccc(F)c2)cc1. The molecule has 1 amide bonds. The second-order valence-corrected chi connectivity index (χ2v) is 4.83.